The average molecular weight is 426 g/mol. The molecule has 3 amide bonds. The fraction of sp³-hybridized carbons (Fsp3) is 0.259. The zero-order valence-electron chi connectivity index (χ0n) is 18.3. The molecule has 3 aromatic carbocycles. The van der Waals surface area contributed by atoms with Crippen LogP contribution in [0, 0.1) is 0 Å². The highest BCUT2D eigenvalue weighted by molar-refractivity contribution is 5.95. The van der Waals surface area contributed by atoms with Crippen molar-refractivity contribution in [1.82, 2.24) is 9.80 Å². The van der Waals surface area contributed by atoms with Gasteiger partial charge in [-0.2, -0.15) is 0 Å². The number of hydrogen-bond donors (Lipinski definition) is 1. The van der Waals surface area contributed by atoms with Crippen LogP contribution in [0.4, 0.5) is 10.5 Å². The van der Waals surface area contributed by atoms with Crippen LogP contribution in [0.25, 0.3) is 0 Å². The molecule has 32 heavy (non-hydrogen) atoms. The molecule has 5 rings (SSSR count). The van der Waals surface area contributed by atoms with Gasteiger partial charge in [0.15, 0.2) is 0 Å². The van der Waals surface area contributed by atoms with Crippen molar-refractivity contribution < 1.29 is 9.59 Å². The number of benzene rings is 3. The van der Waals surface area contributed by atoms with Crippen molar-refractivity contribution >= 4 is 17.6 Å². The Balaban J connectivity index is 1.32. The number of rotatable bonds is 2. The van der Waals surface area contributed by atoms with Crippen molar-refractivity contribution in [3.05, 3.63) is 101 Å². The summed E-state index contributed by atoms with van der Waals surface area (Å²) in [5.74, 6) is 0.0562. The molecule has 2 aliphatic rings. The summed E-state index contributed by atoms with van der Waals surface area (Å²) in [5, 5.41) is 2.96. The van der Waals surface area contributed by atoms with E-state index in [1.54, 1.807) is 0 Å². The maximum Gasteiger partial charge on any atom is 0.322 e. The number of urea groups is 1. The molecule has 0 fully saturated rings. The van der Waals surface area contributed by atoms with Gasteiger partial charge in [-0.05, 0) is 66.3 Å². The third-order valence-electron chi connectivity index (χ3n) is 6.55. The van der Waals surface area contributed by atoms with Gasteiger partial charge in [-0.1, -0.05) is 48.5 Å². The van der Waals surface area contributed by atoms with E-state index >= 15 is 0 Å². The summed E-state index contributed by atoms with van der Waals surface area (Å²) in [6.45, 7) is 3.92. The molecular weight excluding hydrogens is 398 g/mol. The summed E-state index contributed by atoms with van der Waals surface area (Å²) >= 11 is 0. The maximum atomic E-state index is 13.4. The lowest BCUT2D eigenvalue weighted by Crippen LogP contribution is -2.43. The number of anilines is 1. The van der Waals surface area contributed by atoms with Crippen molar-refractivity contribution in [3.63, 3.8) is 0 Å². The first-order chi connectivity index (χ1) is 15.6. The highest BCUT2D eigenvalue weighted by Gasteiger charge is 2.28. The second-order valence-electron chi connectivity index (χ2n) is 8.71. The first kappa shape index (κ1) is 20.3. The first-order valence-corrected chi connectivity index (χ1v) is 11.2. The highest BCUT2D eigenvalue weighted by Crippen LogP contribution is 2.27. The van der Waals surface area contributed by atoms with Crippen LogP contribution in [-0.4, -0.2) is 34.3 Å². The molecule has 0 saturated carbocycles. The third kappa shape index (κ3) is 3.98. The van der Waals surface area contributed by atoms with Gasteiger partial charge >= 0.3 is 6.03 Å². The molecule has 0 unspecified atom stereocenters. The molecule has 162 valence electrons. The largest absolute Gasteiger partial charge is 0.331 e. The van der Waals surface area contributed by atoms with Gasteiger partial charge in [-0.15, -0.1) is 0 Å². The predicted octanol–water partition coefficient (Wildman–Crippen LogP) is 4.86. The molecule has 2 heterocycles. The standard InChI is InChI=1S/C27H27N3O2/c1-19-15-21-7-5-6-8-23(21)18-30(19)26(31)22-12-11-20-13-14-29(17-24(20)16-22)27(32)28-25-9-3-2-4-10-25/h2-12,16,19H,13-15,17-18H2,1H3,(H,28,32)/t19-/m1/s1. The van der Waals surface area contributed by atoms with Gasteiger partial charge in [-0.25, -0.2) is 4.79 Å². The number of nitrogens with zero attached hydrogens (tertiary/aromatic N) is 2. The minimum absolute atomic E-state index is 0.0562. The SMILES string of the molecule is C[C@@H]1Cc2ccccc2CN1C(=O)c1ccc2c(c1)CN(C(=O)Nc1ccccc1)CC2. The van der Waals surface area contributed by atoms with Crippen LogP contribution in [0.1, 0.15) is 39.5 Å². The Morgan fingerprint density at radius 3 is 2.41 bits per heavy atom. The van der Waals surface area contributed by atoms with Gasteiger partial charge < -0.3 is 15.1 Å². The number of nitrogens with one attached hydrogen (secondary N) is 1. The molecule has 1 N–H and O–H groups in total. The monoisotopic (exact) mass is 425 g/mol. The summed E-state index contributed by atoms with van der Waals surface area (Å²) in [6, 6.07) is 23.9. The lowest BCUT2D eigenvalue weighted by Gasteiger charge is -2.35. The van der Waals surface area contributed by atoms with E-state index in [0.29, 0.717) is 25.2 Å². The van der Waals surface area contributed by atoms with E-state index in [4.69, 9.17) is 0 Å². The van der Waals surface area contributed by atoms with Crippen molar-refractivity contribution in [2.45, 2.75) is 38.9 Å². The molecular formula is C27H27N3O2. The number of carbonyl (C=O) groups excluding carboxylic acids is 2. The van der Waals surface area contributed by atoms with E-state index in [0.717, 1.165) is 24.1 Å². The Hall–Kier alpha value is -3.60. The topological polar surface area (TPSA) is 52.7 Å². The van der Waals surface area contributed by atoms with Gasteiger partial charge in [0, 0.05) is 36.9 Å². The lowest BCUT2D eigenvalue weighted by molar-refractivity contribution is 0.0658. The maximum absolute atomic E-state index is 13.4. The average Bonchev–Trinajstić information content (AvgIpc) is 2.83. The first-order valence-electron chi connectivity index (χ1n) is 11.2. The van der Waals surface area contributed by atoms with Gasteiger partial charge in [0.2, 0.25) is 0 Å². The van der Waals surface area contributed by atoms with Gasteiger partial charge in [0.1, 0.15) is 0 Å². The molecule has 0 aromatic heterocycles. The third-order valence-corrected chi connectivity index (χ3v) is 6.55. The Kier molecular flexibility index (Phi) is 5.39. The van der Waals surface area contributed by atoms with Crippen LogP contribution < -0.4 is 5.32 Å². The summed E-state index contributed by atoms with van der Waals surface area (Å²) in [6.07, 6.45) is 1.67. The van der Waals surface area contributed by atoms with Gasteiger partial charge in [0.05, 0.1) is 0 Å². The summed E-state index contributed by atoms with van der Waals surface area (Å²) in [4.78, 5) is 29.9. The zero-order chi connectivity index (χ0) is 22.1. The van der Waals surface area contributed by atoms with Crippen LogP contribution in [0.15, 0.2) is 72.8 Å². The van der Waals surface area contributed by atoms with Crippen molar-refractivity contribution in [3.8, 4) is 0 Å². The molecule has 0 aliphatic carbocycles. The van der Waals surface area contributed by atoms with Crippen LogP contribution in [0.5, 0.6) is 0 Å². The molecule has 5 nitrogen and oxygen atoms in total. The fourth-order valence-electron chi connectivity index (χ4n) is 4.70. The van der Waals surface area contributed by atoms with E-state index in [1.165, 1.54) is 16.7 Å². The zero-order valence-corrected chi connectivity index (χ0v) is 18.3. The number of para-hydroxylation sites is 1. The lowest BCUT2D eigenvalue weighted by atomic mass is 9.93. The van der Waals surface area contributed by atoms with E-state index in [2.05, 4.69) is 36.5 Å². The van der Waals surface area contributed by atoms with Crippen molar-refractivity contribution in [2.75, 3.05) is 11.9 Å². The Bertz CT molecular complexity index is 1160. The molecule has 2 aliphatic heterocycles. The molecule has 1 atom stereocenters. The fourth-order valence-corrected chi connectivity index (χ4v) is 4.70. The van der Waals surface area contributed by atoms with E-state index in [-0.39, 0.29) is 18.0 Å². The molecule has 0 saturated heterocycles. The van der Waals surface area contributed by atoms with E-state index in [1.807, 2.05) is 58.3 Å². The minimum atomic E-state index is -0.111. The molecule has 5 heteroatoms. The Morgan fingerprint density at radius 2 is 1.59 bits per heavy atom. The normalized spacial score (nSPS) is 17.3. The van der Waals surface area contributed by atoms with E-state index < -0.39 is 0 Å². The van der Waals surface area contributed by atoms with Crippen LogP contribution in [-0.2, 0) is 25.9 Å². The Labute approximate surface area is 188 Å². The number of hydrogen-bond acceptors (Lipinski definition) is 2. The second kappa shape index (κ2) is 8.50. The Morgan fingerprint density at radius 1 is 0.844 bits per heavy atom. The number of fused-ring (bicyclic) bond motifs is 2. The second-order valence-corrected chi connectivity index (χ2v) is 8.71. The molecule has 3 aromatic rings. The van der Waals surface area contributed by atoms with Gasteiger partial charge in [-0.3, -0.25) is 4.79 Å². The van der Waals surface area contributed by atoms with Crippen molar-refractivity contribution in [1.29, 1.82) is 0 Å². The summed E-state index contributed by atoms with van der Waals surface area (Å²) in [5.41, 5.74) is 6.29. The molecule has 0 spiro atoms. The number of carbonyl (C=O) groups is 2. The minimum Gasteiger partial charge on any atom is -0.331 e. The van der Waals surface area contributed by atoms with Crippen LogP contribution in [0.2, 0.25) is 0 Å². The quantitative estimate of drug-likeness (QED) is 0.637. The van der Waals surface area contributed by atoms with Crippen LogP contribution in [0.3, 0.4) is 0 Å². The summed E-state index contributed by atoms with van der Waals surface area (Å²) < 4.78 is 0. The van der Waals surface area contributed by atoms with E-state index in [9.17, 15) is 9.59 Å². The molecule has 0 bridgehead atoms. The molecule has 0 radical (unpaired) electrons. The van der Waals surface area contributed by atoms with Crippen LogP contribution >= 0.6 is 0 Å². The van der Waals surface area contributed by atoms with Crippen molar-refractivity contribution in [2.24, 2.45) is 0 Å². The highest BCUT2D eigenvalue weighted by atomic mass is 16.2. The van der Waals surface area contributed by atoms with Gasteiger partial charge in [0.25, 0.3) is 5.91 Å². The summed E-state index contributed by atoms with van der Waals surface area (Å²) in [7, 11) is 0. The smallest absolute Gasteiger partial charge is 0.322 e. The number of amides is 3. The predicted molar refractivity (Wildman–Crippen MR) is 125 cm³/mol.